The molecule has 1 rings (SSSR count). The van der Waals surface area contributed by atoms with Crippen LogP contribution in [-0.4, -0.2) is 0 Å². The van der Waals surface area contributed by atoms with Gasteiger partial charge in [0.25, 0.3) is 0 Å². The molecule has 1 aromatic rings. The molecule has 0 aliphatic carbocycles. The fraction of sp³-hybridized carbons (Fsp3) is 0. The lowest BCUT2D eigenvalue weighted by Crippen LogP contribution is -1.67. The van der Waals surface area contributed by atoms with Crippen LogP contribution in [0.3, 0.4) is 0 Å². The van der Waals surface area contributed by atoms with Gasteiger partial charge < -0.3 is 0 Å². The first-order valence-corrected chi connectivity index (χ1v) is 2.51. The number of halogens is 1. The van der Waals surface area contributed by atoms with E-state index in [1.54, 1.807) is 24.3 Å². The number of hydrogen-bond acceptors (Lipinski definition) is 0. The van der Waals surface area contributed by atoms with Crippen LogP contribution < -0.4 is 0 Å². The molecule has 9 heavy (non-hydrogen) atoms. The second-order valence-corrected chi connectivity index (χ2v) is 1.51. The van der Waals surface area contributed by atoms with Gasteiger partial charge in [-0.1, -0.05) is 12.1 Å². The summed E-state index contributed by atoms with van der Waals surface area (Å²) in [6.07, 6.45) is 1.32. The topological polar surface area (TPSA) is 0 Å². The largest absolute Gasteiger partial charge is 0.144 e. The number of benzene rings is 1. The summed E-state index contributed by atoms with van der Waals surface area (Å²) in [5.41, 5.74) is 0.677. The lowest BCUT2D eigenvalue weighted by molar-refractivity contribution is 0.774. The van der Waals surface area contributed by atoms with Gasteiger partial charge in [-0.2, -0.15) is 0 Å². The smallest absolute Gasteiger partial charge is 0.111 e. The van der Waals surface area contributed by atoms with Crippen LogP contribution in [0.15, 0.2) is 24.3 Å². The summed E-state index contributed by atoms with van der Waals surface area (Å²) < 4.78 is 11.3. The van der Waals surface area contributed by atoms with E-state index >= 15 is 0 Å². The highest BCUT2D eigenvalue weighted by atomic mass is 19.1. The van der Waals surface area contributed by atoms with E-state index in [4.69, 9.17) is 0 Å². The molecule has 1 radical (unpaired) electrons. The van der Waals surface area contributed by atoms with Crippen molar-refractivity contribution in [3.8, 4) is 12.1 Å². The Balaban J connectivity index is 2.94. The molecule has 1 heteroatoms. The molecule has 0 unspecified atom stereocenters. The minimum atomic E-state index is 0.677. The summed E-state index contributed by atoms with van der Waals surface area (Å²) in [4.78, 5) is 0. The van der Waals surface area contributed by atoms with Crippen molar-refractivity contribution in [3.05, 3.63) is 35.9 Å². The Hall–Kier alpha value is -1.29. The van der Waals surface area contributed by atoms with Crippen molar-refractivity contribution in [1.29, 1.82) is 0 Å². The van der Waals surface area contributed by atoms with Gasteiger partial charge in [-0.25, -0.2) is 0 Å². The fourth-order valence-electron chi connectivity index (χ4n) is 0.525. The van der Waals surface area contributed by atoms with Crippen LogP contribution in [0, 0.1) is 18.2 Å². The minimum Gasteiger partial charge on any atom is -0.144 e. The Morgan fingerprint density at radius 1 is 1.33 bits per heavy atom. The average molecular weight is 119 g/mol. The molecule has 0 saturated heterocycles. The van der Waals surface area contributed by atoms with Crippen LogP contribution in [0.5, 0.6) is 0 Å². The third kappa shape index (κ3) is 1.58. The van der Waals surface area contributed by atoms with Crippen molar-refractivity contribution in [3.63, 3.8) is 0 Å². The molecule has 0 aromatic heterocycles. The van der Waals surface area contributed by atoms with Crippen LogP contribution in [0.1, 0.15) is 5.56 Å². The molecule has 0 nitrogen and oxygen atoms in total. The van der Waals surface area contributed by atoms with Crippen molar-refractivity contribution in [2.24, 2.45) is 0 Å². The van der Waals surface area contributed by atoms with E-state index in [0.717, 1.165) is 0 Å². The molecule has 0 aliphatic rings. The molecule has 0 aliphatic heterocycles. The second-order valence-electron chi connectivity index (χ2n) is 1.51. The molecular weight excluding hydrogens is 115 g/mol. The van der Waals surface area contributed by atoms with Gasteiger partial charge in [0.15, 0.2) is 0 Å². The maximum absolute atomic E-state index is 11.3. The lowest BCUT2D eigenvalue weighted by Gasteiger charge is -1.82. The first-order valence-electron chi connectivity index (χ1n) is 2.51. The van der Waals surface area contributed by atoms with Gasteiger partial charge in [-0.3, -0.25) is 0 Å². The third-order valence-electron chi connectivity index (χ3n) is 0.910. The molecule has 0 spiro atoms. The van der Waals surface area contributed by atoms with Gasteiger partial charge in [0.05, 0.1) is 0 Å². The number of rotatable bonds is 0. The van der Waals surface area contributed by atoms with E-state index < -0.39 is 0 Å². The molecule has 0 bridgehead atoms. The standard InChI is InChI=1S/C8H4F/c9-7-6-8-4-2-1-3-5-8/h2-5H. The molecule has 0 saturated carbocycles. The Kier molecular flexibility index (Phi) is 1.87. The Labute approximate surface area is 53.3 Å². The highest BCUT2D eigenvalue weighted by Crippen LogP contribution is 1.93. The van der Waals surface area contributed by atoms with Gasteiger partial charge in [-0.05, 0) is 24.1 Å². The highest BCUT2D eigenvalue weighted by Gasteiger charge is 1.79. The molecule has 0 atom stereocenters. The molecule has 1 aromatic carbocycles. The summed E-state index contributed by atoms with van der Waals surface area (Å²) in [7, 11) is 0. The van der Waals surface area contributed by atoms with Gasteiger partial charge in [-0.15, -0.1) is 4.39 Å². The predicted molar refractivity (Wildman–Crippen MR) is 33.3 cm³/mol. The molecule has 0 heterocycles. The number of hydrogen-bond donors (Lipinski definition) is 0. The lowest BCUT2D eigenvalue weighted by atomic mass is 10.2. The van der Waals surface area contributed by atoms with Crippen LogP contribution in [0.4, 0.5) is 4.39 Å². The van der Waals surface area contributed by atoms with E-state index in [1.807, 2.05) is 0 Å². The highest BCUT2D eigenvalue weighted by molar-refractivity contribution is 5.31. The summed E-state index contributed by atoms with van der Waals surface area (Å²) in [6, 6.07) is 9.59. The van der Waals surface area contributed by atoms with E-state index in [1.165, 1.54) is 6.17 Å². The van der Waals surface area contributed by atoms with Gasteiger partial charge >= 0.3 is 0 Å². The normalized spacial score (nSPS) is 7.67. The van der Waals surface area contributed by atoms with Gasteiger partial charge in [0.1, 0.15) is 6.17 Å². The molecule has 43 valence electrons. The second kappa shape index (κ2) is 2.88. The first-order chi connectivity index (χ1) is 4.43. The summed E-state index contributed by atoms with van der Waals surface area (Å²) in [6.45, 7) is 0. The van der Waals surface area contributed by atoms with Crippen LogP contribution in [0.2, 0.25) is 0 Å². The maximum Gasteiger partial charge on any atom is 0.111 e. The van der Waals surface area contributed by atoms with Crippen LogP contribution in [0.25, 0.3) is 0 Å². The fourth-order valence-corrected chi connectivity index (χ4v) is 0.525. The van der Waals surface area contributed by atoms with E-state index in [2.05, 4.69) is 12.0 Å². The predicted octanol–water partition coefficient (Wildman–Crippen LogP) is 1.77. The summed E-state index contributed by atoms with van der Waals surface area (Å²) in [5.74, 6) is 2.27. The van der Waals surface area contributed by atoms with Gasteiger partial charge in [0.2, 0.25) is 0 Å². The third-order valence-corrected chi connectivity index (χ3v) is 0.910. The molecular formula is C8H4F. The van der Waals surface area contributed by atoms with E-state index in [9.17, 15) is 4.39 Å². The Morgan fingerprint density at radius 3 is 2.56 bits per heavy atom. The Morgan fingerprint density at radius 2 is 2.00 bits per heavy atom. The van der Waals surface area contributed by atoms with Gasteiger partial charge in [0, 0.05) is 5.56 Å². The monoisotopic (exact) mass is 119 g/mol. The quantitative estimate of drug-likeness (QED) is 0.456. The van der Waals surface area contributed by atoms with Crippen LogP contribution in [-0.2, 0) is 0 Å². The Bertz CT molecular complexity index is 228. The first kappa shape index (κ1) is 5.84. The van der Waals surface area contributed by atoms with Crippen molar-refractivity contribution in [2.75, 3.05) is 0 Å². The molecule has 0 N–H and O–H groups in total. The SMILES string of the molecule is FC#Cc1cc[c]cc1. The van der Waals surface area contributed by atoms with Crippen LogP contribution >= 0.6 is 0 Å². The maximum atomic E-state index is 11.3. The zero-order chi connectivity index (χ0) is 6.53. The average Bonchev–Trinajstić information content (AvgIpc) is 1.91. The molecule has 0 amide bonds. The van der Waals surface area contributed by atoms with Crippen molar-refractivity contribution in [2.45, 2.75) is 0 Å². The molecule has 0 fully saturated rings. The van der Waals surface area contributed by atoms with E-state index in [-0.39, 0.29) is 0 Å². The minimum absolute atomic E-state index is 0.677. The van der Waals surface area contributed by atoms with Crippen molar-refractivity contribution < 1.29 is 4.39 Å². The summed E-state index contributed by atoms with van der Waals surface area (Å²) in [5, 5.41) is 0. The van der Waals surface area contributed by atoms with E-state index in [0.29, 0.717) is 5.56 Å². The van der Waals surface area contributed by atoms with Crippen molar-refractivity contribution in [1.82, 2.24) is 0 Å². The zero-order valence-corrected chi connectivity index (χ0v) is 4.69. The summed E-state index contributed by atoms with van der Waals surface area (Å²) >= 11 is 0. The zero-order valence-electron chi connectivity index (χ0n) is 4.69. The van der Waals surface area contributed by atoms with Crippen molar-refractivity contribution >= 4 is 0 Å².